The van der Waals surface area contributed by atoms with Gasteiger partial charge < -0.3 is 10.1 Å². The SMILES string of the molecule is CC(OC(=O)/C=C/c1ccc(S(=O)(=O)N2CCCCCC2)cc1)C(=O)Nc1cc(F)ccc1F. The van der Waals surface area contributed by atoms with Crippen LogP contribution < -0.4 is 5.32 Å². The molecule has 1 aliphatic heterocycles. The van der Waals surface area contributed by atoms with Gasteiger partial charge in [-0.15, -0.1) is 0 Å². The number of anilines is 1. The molecule has 7 nitrogen and oxygen atoms in total. The van der Waals surface area contributed by atoms with Crippen LogP contribution in [0.3, 0.4) is 0 Å². The van der Waals surface area contributed by atoms with E-state index in [2.05, 4.69) is 5.32 Å². The van der Waals surface area contributed by atoms with Crippen LogP contribution >= 0.6 is 0 Å². The molecule has 0 spiro atoms. The Labute approximate surface area is 197 Å². The number of nitrogens with one attached hydrogen (secondary N) is 1. The monoisotopic (exact) mass is 492 g/mol. The summed E-state index contributed by atoms with van der Waals surface area (Å²) >= 11 is 0. The van der Waals surface area contributed by atoms with Crippen LogP contribution in [-0.2, 0) is 24.3 Å². The fourth-order valence-electron chi connectivity index (χ4n) is 3.44. The predicted molar refractivity (Wildman–Crippen MR) is 123 cm³/mol. The van der Waals surface area contributed by atoms with Gasteiger partial charge >= 0.3 is 5.97 Å². The van der Waals surface area contributed by atoms with Crippen LogP contribution in [0.2, 0.25) is 0 Å². The van der Waals surface area contributed by atoms with Crippen LogP contribution in [0.15, 0.2) is 53.4 Å². The van der Waals surface area contributed by atoms with Gasteiger partial charge in [0.1, 0.15) is 11.6 Å². The lowest BCUT2D eigenvalue weighted by molar-refractivity contribution is -0.148. The Hall–Kier alpha value is -3.11. The molecule has 10 heteroatoms. The van der Waals surface area contributed by atoms with Gasteiger partial charge in [-0.25, -0.2) is 22.0 Å². The van der Waals surface area contributed by atoms with E-state index in [-0.39, 0.29) is 10.6 Å². The molecule has 0 saturated carbocycles. The summed E-state index contributed by atoms with van der Waals surface area (Å²) in [6.07, 6.45) is 4.97. The smallest absolute Gasteiger partial charge is 0.331 e. The molecule has 182 valence electrons. The van der Waals surface area contributed by atoms with Crippen LogP contribution in [0.25, 0.3) is 6.08 Å². The van der Waals surface area contributed by atoms with Crippen LogP contribution in [-0.4, -0.2) is 43.8 Å². The zero-order valence-corrected chi connectivity index (χ0v) is 19.5. The second-order valence-corrected chi connectivity index (χ2v) is 9.85. The number of hydrogen-bond donors (Lipinski definition) is 1. The van der Waals surface area contributed by atoms with Gasteiger partial charge in [0, 0.05) is 25.2 Å². The van der Waals surface area contributed by atoms with E-state index in [4.69, 9.17) is 4.74 Å². The van der Waals surface area contributed by atoms with Crippen molar-refractivity contribution < 1.29 is 31.5 Å². The number of sulfonamides is 1. The van der Waals surface area contributed by atoms with E-state index in [1.54, 1.807) is 12.1 Å². The number of hydrogen-bond acceptors (Lipinski definition) is 5. The molecule has 0 radical (unpaired) electrons. The van der Waals surface area contributed by atoms with Crippen molar-refractivity contribution in [3.63, 3.8) is 0 Å². The first-order valence-electron chi connectivity index (χ1n) is 10.9. The first-order chi connectivity index (χ1) is 16.2. The quantitative estimate of drug-likeness (QED) is 0.464. The fraction of sp³-hybridized carbons (Fsp3) is 0.333. The van der Waals surface area contributed by atoms with Crippen LogP contribution in [0.4, 0.5) is 14.5 Å². The van der Waals surface area contributed by atoms with Gasteiger partial charge in [0.2, 0.25) is 10.0 Å². The van der Waals surface area contributed by atoms with Gasteiger partial charge in [0.05, 0.1) is 10.6 Å². The highest BCUT2D eigenvalue weighted by Crippen LogP contribution is 2.21. The maximum Gasteiger partial charge on any atom is 0.331 e. The minimum absolute atomic E-state index is 0.184. The highest BCUT2D eigenvalue weighted by atomic mass is 32.2. The third-order valence-corrected chi connectivity index (χ3v) is 7.26. The summed E-state index contributed by atoms with van der Waals surface area (Å²) in [5, 5.41) is 2.17. The summed E-state index contributed by atoms with van der Waals surface area (Å²) in [6.45, 7) is 2.31. The molecular weight excluding hydrogens is 466 g/mol. The Bertz CT molecular complexity index is 1160. The van der Waals surface area contributed by atoms with Gasteiger partial charge in [-0.3, -0.25) is 4.79 Å². The lowest BCUT2D eigenvalue weighted by atomic mass is 10.2. The first-order valence-corrected chi connectivity index (χ1v) is 12.4. The number of halogens is 2. The van der Waals surface area contributed by atoms with Crippen LogP contribution in [0.5, 0.6) is 0 Å². The molecule has 34 heavy (non-hydrogen) atoms. The average molecular weight is 493 g/mol. The normalized spacial score (nSPS) is 16.1. The molecule has 1 fully saturated rings. The van der Waals surface area contributed by atoms with E-state index >= 15 is 0 Å². The largest absolute Gasteiger partial charge is 0.449 e. The number of rotatable bonds is 7. The Morgan fingerprint density at radius 1 is 1.03 bits per heavy atom. The number of carbonyl (C=O) groups is 2. The van der Waals surface area contributed by atoms with Crippen molar-refractivity contribution in [2.24, 2.45) is 0 Å². The summed E-state index contributed by atoms with van der Waals surface area (Å²) in [5.74, 6) is -3.21. The van der Waals surface area contributed by atoms with Crippen molar-refractivity contribution in [3.8, 4) is 0 Å². The lowest BCUT2D eigenvalue weighted by Crippen LogP contribution is -2.31. The number of ether oxygens (including phenoxy) is 1. The molecule has 1 amide bonds. The van der Waals surface area contributed by atoms with E-state index in [9.17, 15) is 26.8 Å². The Morgan fingerprint density at radius 3 is 2.32 bits per heavy atom. The molecule has 1 saturated heterocycles. The molecule has 1 N–H and O–H groups in total. The van der Waals surface area contributed by atoms with E-state index in [0.717, 1.165) is 50.0 Å². The number of nitrogens with zero attached hydrogens (tertiary/aromatic N) is 1. The third kappa shape index (κ3) is 6.71. The van der Waals surface area contributed by atoms with E-state index in [1.807, 2.05) is 0 Å². The maximum atomic E-state index is 13.6. The topological polar surface area (TPSA) is 92.8 Å². The summed E-state index contributed by atoms with van der Waals surface area (Å²) in [6, 6.07) is 8.70. The zero-order chi connectivity index (χ0) is 24.7. The van der Waals surface area contributed by atoms with Gasteiger partial charge in [0.25, 0.3) is 5.91 Å². The molecule has 0 aromatic heterocycles. The van der Waals surface area contributed by atoms with Crippen molar-refractivity contribution >= 4 is 33.7 Å². The number of benzene rings is 2. The van der Waals surface area contributed by atoms with Gasteiger partial charge in [-0.1, -0.05) is 25.0 Å². The summed E-state index contributed by atoms with van der Waals surface area (Å²) in [4.78, 5) is 24.3. The number of carbonyl (C=O) groups excluding carboxylic acids is 2. The zero-order valence-electron chi connectivity index (χ0n) is 18.7. The molecule has 2 aromatic rings. The van der Waals surface area contributed by atoms with E-state index < -0.39 is 39.6 Å². The van der Waals surface area contributed by atoms with Crippen molar-refractivity contribution in [1.29, 1.82) is 0 Å². The van der Waals surface area contributed by atoms with Crippen molar-refractivity contribution in [1.82, 2.24) is 4.31 Å². The second kappa shape index (κ2) is 11.3. The molecular formula is C24H26F2N2O5S. The predicted octanol–water partition coefficient (Wildman–Crippen LogP) is 4.11. The standard InChI is InChI=1S/C24H26F2N2O5S/c1-17(24(30)27-22-16-19(25)9-12-21(22)26)33-23(29)13-8-18-6-10-20(11-7-18)34(31,32)28-14-4-2-3-5-15-28/h6-13,16-17H,2-5,14-15H2,1H3,(H,27,30)/b13-8+. The van der Waals surface area contributed by atoms with Gasteiger partial charge in [0.15, 0.2) is 6.10 Å². The Kier molecular flexibility index (Phi) is 8.51. The lowest BCUT2D eigenvalue weighted by Gasteiger charge is -2.19. The summed E-state index contributed by atoms with van der Waals surface area (Å²) < 4.78 is 59.0. The highest BCUT2D eigenvalue weighted by molar-refractivity contribution is 7.89. The fourth-order valence-corrected chi connectivity index (χ4v) is 4.96. The molecule has 1 aliphatic rings. The Balaban J connectivity index is 1.57. The van der Waals surface area contributed by atoms with Gasteiger partial charge in [-0.05, 0) is 55.7 Å². The van der Waals surface area contributed by atoms with Gasteiger partial charge in [-0.2, -0.15) is 4.31 Å². The van der Waals surface area contributed by atoms with Crippen molar-refractivity contribution in [2.75, 3.05) is 18.4 Å². The molecule has 1 atom stereocenters. The van der Waals surface area contributed by atoms with E-state index in [0.29, 0.717) is 18.7 Å². The second-order valence-electron chi connectivity index (χ2n) is 7.91. The third-order valence-electron chi connectivity index (χ3n) is 5.34. The average Bonchev–Trinajstić information content (AvgIpc) is 3.10. The minimum atomic E-state index is -3.57. The van der Waals surface area contributed by atoms with E-state index in [1.165, 1.54) is 29.4 Å². The van der Waals surface area contributed by atoms with Crippen molar-refractivity contribution in [2.45, 2.75) is 43.6 Å². The van der Waals surface area contributed by atoms with Crippen LogP contribution in [0, 0.1) is 11.6 Å². The highest BCUT2D eigenvalue weighted by Gasteiger charge is 2.25. The number of amides is 1. The first kappa shape index (κ1) is 25.5. The molecule has 1 unspecified atom stereocenters. The van der Waals surface area contributed by atoms with Crippen LogP contribution in [0.1, 0.15) is 38.2 Å². The summed E-state index contributed by atoms with van der Waals surface area (Å²) in [7, 11) is -3.57. The summed E-state index contributed by atoms with van der Waals surface area (Å²) in [5.41, 5.74) is 0.198. The van der Waals surface area contributed by atoms with Crippen molar-refractivity contribution in [3.05, 3.63) is 65.7 Å². The molecule has 0 aliphatic carbocycles. The Morgan fingerprint density at radius 2 is 1.68 bits per heavy atom. The number of esters is 1. The molecule has 1 heterocycles. The molecule has 2 aromatic carbocycles. The molecule has 3 rings (SSSR count). The molecule has 0 bridgehead atoms. The maximum absolute atomic E-state index is 13.6. The minimum Gasteiger partial charge on any atom is -0.449 e.